The van der Waals surface area contributed by atoms with Crippen molar-refractivity contribution in [2.75, 3.05) is 0 Å². The first-order chi connectivity index (χ1) is 7.83. The summed E-state index contributed by atoms with van der Waals surface area (Å²) in [4.78, 5) is 0. The zero-order valence-corrected chi connectivity index (χ0v) is 11.0. The van der Waals surface area contributed by atoms with E-state index in [1.165, 1.54) is 27.6 Å². The summed E-state index contributed by atoms with van der Waals surface area (Å²) in [7, 11) is 0. The van der Waals surface area contributed by atoms with Crippen LogP contribution in [0.4, 0.5) is 0 Å². The van der Waals surface area contributed by atoms with Crippen LogP contribution in [-0.4, -0.2) is 0 Å². The first-order valence-electron chi connectivity index (χ1n) is 5.65. The lowest BCUT2D eigenvalue weighted by Crippen LogP contribution is -1.90. The molecule has 0 radical (unpaired) electrons. The van der Waals surface area contributed by atoms with E-state index in [9.17, 15) is 0 Å². The lowest BCUT2D eigenvalue weighted by atomic mass is 9.97. The second-order valence-electron chi connectivity index (χ2n) is 3.88. The molecule has 0 atom stereocenters. The first kappa shape index (κ1) is 11.4. The van der Waals surface area contributed by atoms with E-state index in [-0.39, 0.29) is 0 Å². The maximum Gasteiger partial charge on any atom is 0.0213 e. The summed E-state index contributed by atoms with van der Waals surface area (Å²) < 4.78 is 1.22. The Kier molecular flexibility index (Phi) is 3.79. The van der Waals surface area contributed by atoms with Crippen LogP contribution in [0.3, 0.4) is 0 Å². The van der Waals surface area contributed by atoms with Gasteiger partial charge in [-0.2, -0.15) is 0 Å². The molecule has 82 valence electrons. The van der Waals surface area contributed by atoms with Gasteiger partial charge in [0.25, 0.3) is 0 Å². The molecule has 0 saturated heterocycles. The molecule has 2 aromatic carbocycles. The highest BCUT2D eigenvalue weighted by atomic mass is 79.9. The van der Waals surface area contributed by atoms with Crippen LogP contribution in [0, 0.1) is 0 Å². The Balaban J connectivity index is 2.52. The topological polar surface area (TPSA) is 0 Å². The van der Waals surface area contributed by atoms with Gasteiger partial charge in [-0.15, -0.1) is 0 Å². The quantitative estimate of drug-likeness (QED) is 0.733. The van der Waals surface area contributed by atoms with Crippen LogP contribution in [0.1, 0.15) is 18.9 Å². The summed E-state index contributed by atoms with van der Waals surface area (Å²) in [5.74, 6) is 0. The van der Waals surface area contributed by atoms with Crippen LogP contribution >= 0.6 is 15.9 Å². The Labute approximate surface area is 105 Å². The molecule has 0 aliphatic heterocycles. The Morgan fingerprint density at radius 3 is 2.38 bits per heavy atom. The Hall–Kier alpha value is -1.08. The van der Waals surface area contributed by atoms with Crippen molar-refractivity contribution in [1.82, 2.24) is 0 Å². The molecular weight excluding hydrogens is 260 g/mol. The van der Waals surface area contributed by atoms with Gasteiger partial charge in [0, 0.05) is 4.47 Å². The standard InChI is InChI=1S/C15H15Br/c1-2-7-14-13(10-6-11-15(14)16)12-8-4-3-5-9-12/h3-6,8-11H,2,7H2,1H3. The van der Waals surface area contributed by atoms with Crippen LogP contribution < -0.4 is 0 Å². The van der Waals surface area contributed by atoms with Gasteiger partial charge in [0.2, 0.25) is 0 Å². The van der Waals surface area contributed by atoms with Crippen molar-refractivity contribution in [2.45, 2.75) is 19.8 Å². The lowest BCUT2D eigenvalue weighted by Gasteiger charge is -2.11. The van der Waals surface area contributed by atoms with Gasteiger partial charge in [0.1, 0.15) is 0 Å². The molecule has 0 bridgehead atoms. The van der Waals surface area contributed by atoms with Gasteiger partial charge in [-0.25, -0.2) is 0 Å². The predicted molar refractivity (Wildman–Crippen MR) is 73.6 cm³/mol. The SMILES string of the molecule is CCCc1c(Br)cccc1-c1ccccc1. The molecule has 0 amide bonds. The monoisotopic (exact) mass is 274 g/mol. The van der Waals surface area contributed by atoms with Gasteiger partial charge in [-0.1, -0.05) is 71.7 Å². The summed E-state index contributed by atoms with van der Waals surface area (Å²) >= 11 is 3.65. The number of halogens is 1. The van der Waals surface area contributed by atoms with E-state index < -0.39 is 0 Å². The van der Waals surface area contributed by atoms with Gasteiger partial charge in [0.15, 0.2) is 0 Å². The number of hydrogen-bond acceptors (Lipinski definition) is 0. The third-order valence-electron chi connectivity index (χ3n) is 2.70. The van der Waals surface area contributed by atoms with Crippen LogP contribution in [0.2, 0.25) is 0 Å². The largest absolute Gasteiger partial charge is 0.0651 e. The van der Waals surface area contributed by atoms with Crippen molar-refractivity contribution in [2.24, 2.45) is 0 Å². The van der Waals surface area contributed by atoms with Crippen LogP contribution in [0.5, 0.6) is 0 Å². The van der Waals surface area contributed by atoms with E-state index in [4.69, 9.17) is 0 Å². The molecule has 0 N–H and O–H groups in total. The predicted octanol–water partition coefficient (Wildman–Crippen LogP) is 5.07. The van der Waals surface area contributed by atoms with Gasteiger partial charge in [0.05, 0.1) is 0 Å². The highest BCUT2D eigenvalue weighted by Crippen LogP contribution is 2.30. The molecule has 0 aromatic heterocycles. The Morgan fingerprint density at radius 2 is 1.69 bits per heavy atom. The maximum absolute atomic E-state index is 3.65. The molecule has 1 heteroatoms. The van der Waals surface area contributed by atoms with Crippen molar-refractivity contribution >= 4 is 15.9 Å². The highest BCUT2D eigenvalue weighted by molar-refractivity contribution is 9.10. The molecule has 2 aromatic rings. The number of rotatable bonds is 3. The number of hydrogen-bond donors (Lipinski definition) is 0. The van der Waals surface area contributed by atoms with E-state index in [2.05, 4.69) is 71.4 Å². The fraction of sp³-hybridized carbons (Fsp3) is 0.200. The molecule has 0 aliphatic carbocycles. The van der Waals surface area contributed by atoms with Crippen molar-refractivity contribution in [3.05, 3.63) is 58.6 Å². The van der Waals surface area contributed by atoms with Crippen molar-refractivity contribution in [3.63, 3.8) is 0 Å². The van der Waals surface area contributed by atoms with E-state index in [1.54, 1.807) is 0 Å². The minimum absolute atomic E-state index is 1.12. The van der Waals surface area contributed by atoms with E-state index in [0.717, 1.165) is 6.42 Å². The van der Waals surface area contributed by atoms with Crippen LogP contribution in [-0.2, 0) is 6.42 Å². The molecule has 0 spiro atoms. The summed E-state index contributed by atoms with van der Waals surface area (Å²) in [6, 6.07) is 17.0. The molecule has 0 unspecified atom stereocenters. The zero-order chi connectivity index (χ0) is 11.4. The molecule has 0 heterocycles. The van der Waals surface area contributed by atoms with E-state index >= 15 is 0 Å². The smallest absolute Gasteiger partial charge is 0.0213 e. The zero-order valence-electron chi connectivity index (χ0n) is 9.41. The van der Waals surface area contributed by atoms with Gasteiger partial charge in [-0.05, 0) is 29.2 Å². The second kappa shape index (κ2) is 5.31. The maximum atomic E-state index is 3.65. The fourth-order valence-electron chi connectivity index (χ4n) is 1.95. The van der Waals surface area contributed by atoms with E-state index in [1.807, 2.05) is 0 Å². The van der Waals surface area contributed by atoms with Crippen LogP contribution in [0.25, 0.3) is 11.1 Å². The van der Waals surface area contributed by atoms with Gasteiger partial charge in [-0.3, -0.25) is 0 Å². The van der Waals surface area contributed by atoms with Crippen molar-refractivity contribution < 1.29 is 0 Å². The third-order valence-corrected chi connectivity index (χ3v) is 3.45. The fourth-order valence-corrected chi connectivity index (χ4v) is 2.52. The summed E-state index contributed by atoms with van der Waals surface area (Å²) in [6.07, 6.45) is 2.29. The molecule has 0 saturated carbocycles. The van der Waals surface area contributed by atoms with E-state index in [0.29, 0.717) is 0 Å². The minimum atomic E-state index is 1.12. The summed E-state index contributed by atoms with van der Waals surface area (Å²) in [6.45, 7) is 2.22. The molecule has 0 aliphatic rings. The van der Waals surface area contributed by atoms with Gasteiger partial charge >= 0.3 is 0 Å². The van der Waals surface area contributed by atoms with Crippen molar-refractivity contribution in [1.29, 1.82) is 0 Å². The number of benzene rings is 2. The molecule has 2 rings (SSSR count). The minimum Gasteiger partial charge on any atom is -0.0651 e. The molecule has 0 fully saturated rings. The molecule has 16 heavy (non-hydrogen) atoms. The summed E-state index contributed by atoms with van der Waals surface area (Å²) in [5.41, 5.74) is 4.06. The Bertz CT molecular complexity index is 460. The van der Waals surface area contributed by atoms with Crippen molar-refractivity contribution in [3.8, 4) is 11.1 Å². The lowest BCUT2D eigenvalue weighted by molar-refractivity contribution is 0.919. The normalized spacial score (nSPS) is 10.4. The second-order valence-corrected chi connectivity index (χ2v) is 4.74. The average Bonchev–Trinajstić information content (AvgIpc) is 2.33. The molecular formula is C15H15Br. The highest BCUT2D eigenvalue weighted by Gasteiger charge is 2.06. The molecule has 0 nitrogen and oxygen atoms in total. The average molecular weight is 275 g/mol. The third kappa shape index (κ3) is 2.35. The first-order valence-corrected chi connectivity index (χ1v) is 6.45. The van der Waals surface area contributed by atoms with Crippen LogP contribution in [0.15, 0.2) is 53.0 Å². The summed E-state index contributed by atoms with van der Waals surface area (Å²) in [5, 5.41) is 0. The Morgan fingerprint density at radius 1 is 0.938 bits per heavy atom. The van der Waals surface area contributed by atoms with Gasteiger partial charge < -0.3 is 0 Å².